The molecule has 0 unspecified atom stereocenters. The summed E-state index contributed by atoms with van der Waals surface area (Å²) in [6.45, 7) is 10.0. The standard InChI is InChI=1S/C28H34F2N6O2/c1-19-27(32-21-16-23(18-31-17-21)35-8-12-38-13-9-35)26-24(30)14-20(29)15-25(26)33-28(19)36-6-4-34(5-7-36)22-2-10-37-11-3-22/h14-18,22H,2-13H2,1H3,(H,32,33). The third-order valence-corrected chi connectivity index (χ3v) is 7.91. The number of hydrogen-bond acceptors (Lipinski definition) is 8. The first-order valence-corrected chi connectivity index (χ1v) is 13.5. The van der Waals surface area contributed by atoms with Gasteiger partial charge in [-0.3, -0.25) is 9.88 Å². The first-order chi connectivity index (χ1) is 18.6. The molecule has 0 amide bonds. The van der Waals surface area contributed by atoms with E-state index in [-0.39, 0.29) is 5.39 Å². The van der Waals surface area contributed by atoms with Crippen LogP contribution in [0.25, 0.3) is 10.9 Å². The predicted octanol–water partition coefficient (Wildman–Crippen LogP) is 4.10. The van der Waals surface area contributed by atoms with E-state index in [2.05, 4.69) is 25.0 Å². The Morgan fingerprint density at radius 1 is 0.868 bits per heavy atom. The molecule has 2 aromatic heterocycles. The number of ether oxygens (including phenoxy) is 2. The van der Waals surface area contributed by atoms with Crippen LogP contribution in [0, 0.1) is 18.6 Å². The number of piperazine rings is 1. The molecule has 0 spiro atoms. The van der Waals surface area contributed by atoms with Crippen LogP contribution in [0.3, 0.4) is 0 Å². The Morgan fingerprint density at radius 2 is 1.61 bits per heavy atom. The second-order valence-corrected chi connectivity index (χ2v) is 10.2. The monoisotopic (exact) mass is 524 g/mol. The van der Waals surface area contributed by atoms with E-state index < -0.39 is 11.6 Å². The maximum absolute atomic E-state index is 15.2. The highest BCUT2D eigenvalue weighted by Gasteiger charge is 2.28. The molecule has 3 fully saturated rings. The number of rotatable bonds is 5. The lowest BCUT2D eigenvalue weighted by atomic mass is 10.0. The average molecular weight is 525 g/mol. The van der Waals surface area contributed by atoms with E-state index in [4.69, 9.17) is 14.5 Å². The summed E-state index contributed by atoms with van der Waals surface area (Å²) < 4.78 is 40.5. The number of pyridine rings is 2. The number of aromatic nitrogens is 2. The number of morpholine rings is 1. The Bertz CT molecular complexity index is 1290. The molecular formula is C28H34F2N6O2. The van der Waals surface area contributed by atoms with Gasteiger partial charge in [-0.2, -0.15) is 0 Å². The van der Waals surface area contributed by atoms with Crippen LogP contribution in [-0.4, -0.2) is 86.6 Å². The van der Waals surface area contributed by atoms with Crippen molar-refractivity contribution in [2.24, 2.45) is 0 Å². The summed E-state index contributed by atoms with van der Waals surface area (Å²) in [5.41, 5.74) is 3.44. The van der Waals surface area contributed by atoms with Gasteiger partial charge in [0.1, 0.15) is 17.5 Å². The highest BCUT2D eigenvalue weighted by atomic mass is 19.1. The van der Waals surface area contributed by atoms with Crippen molar-refractivity contribution in [3.05, 3.63) is 47.8 Å². The minimum Gasteiger partial charge on any atom is -0.381 e. The van der Waals surface area contributed by atoms with Crippen LogP contribution < -0.4 is 15.1 Å². The van der Waals surface area contributed by atoms with E-state index in [0.29, 0.717) is 30.5 Å². The number of halogens is 2. The first kappa shape index (κ1) is 25.2. The lowest BCUT2D eigenvalue weighted by Gasteiger charge is -2.41. The Balaban J connectivity index is 1.32. The van der Waals surface area contributed by atoms with Gasteiger partial charge in [-0.1, -0.05) is 0 Å². The van der Waals surface area contributed by atoms with Gasteiger partial charge in [-0.25, -0.2) is 13.8 Å². The number of fused-ring (bicyclic) bond motifs is 1. The Labute approximate surface area is 221 Å². The van der Waals surface area contributed by atoms with E-state index in [1.54, 1.807) is 6.20 Å². The molecule has 3 saturated heterocycles. The summed E-state index contributed by atoms with van der Waals surface area (Å²) in [6.07, 6.45) is 5.69. The van der Waals surface area contributed by atoms with Gasteiger partial charge in [0.25, 0.3) is 0 Å². The van der Waals surface area contributed by atoms with Crippen molar-refractivity contribution < 1.29 is 18.3 Å². The molecule has 3 aliphatic rings. The third-order valence-electron chi connectivity index (χ3n) is 7.91. The first-order valence-electron chi connectivity index (χ1n) is 13.5. The van der Waals surface area contributed by atoms with Gasteiger partial charge in [0.05, 0.1) is 53.6 Å². The van der Waals surface area contributed by atoms with Crippen LogP contribution in [0.4, 0.5) is 31.7 Å². The van der Waals surface area contributed by atoms with Crippen LogP contribution in [0.1, 0.15) is 18.4 Å². The van der Waals surface area contributed by atoms with Crippen molar-refractivity contribution >= 4 is 33.8 Å². The van der Waals surface area contributed by atoms with E-state index in [1.807, 2.05) is 19.2 Å². The molecule has 5 heterocycles. The average Bonchev–Trinajstić information content (AvgIpc) is 2.95. The summed E-state index contributed by atoms with van der Waals surface area (Å²) in [7, 11) is 0. The predicted molar refractivity (Wildman–Crippen MR) is 145 cm³/mol. The molecule has 0 radical (unpaired) electrons. The van der Waals surface area contributed by atoms with Crippen molar-refractivity contribution in [3.8, 4) is 0 Å². The third kappa shape index (κ3) is 5.12. The van der Waals surface area contributed by atoms with Gasteiger partial charge in [-0.15, -0.1) is 0 Å². The normalized spacial score (nSPS) is 19.8. The van der Waals surface area contributed by atoms with Crippen molar-refractivity contribution in [1.29, 1.82) is 0 Å². The second kappa shape index (κ2) is 11.0. The molecule has 0 bridgehead atoms. The maximum Gasteiger partial charge on any atom is 0.137 e. The second-order valence-electron chi connectivity index (χ2n) is 10.2. The van der Waals surface area contributed by atoms with Gasteiger partial charge in [0.15, 0.2) is 0 Å². The highest BCUT2D eigenvalue weighted by molar-refractivity contribution is 5.97. The van der Waals surface area contributed by atoms with Crippen LogP contribution in [0.5, 0.6) is 0 Å². The molecule has 202 valence electrons. The molecular weight excluding hydrogens is 490 g/mol. The van der Waals surface area contributed by atoms with Crippen molar-refractivity contribution in [2.75, 3.05) is 80.8 Å². The fourth-order valence-electron chi connectivity index (χ4n) is 5.84. The van der Waals surface area contributed by atoms with Crippen molar-refractivity contribution in [1.82, 2.24) is 14.9 Å². The zero-order valence-corrected chi connectivity index (χ0v) is 21.8. The zero-order chi connectivity index (χ0) is 26.1. The van der Waals surface area contributed by atoms with E-state index in [0.717, 1.165) is 94.1 Å². The lowest BCUT2D eigenvalue weighted by molar-refractivity contribution is 0.0321. The minimum absolute atomic E-state index is 0.283. The van der Waals surface area contributed by atoms with Gasteiger partial charge in [0.2, 0.25) is 0 Å². The fourth-order valence-corrected chi connectivity index (χ4v) is 5.84. The van der Waals surface area contributed by atoms with Crippen LogP contribution in [0.15, 0.2) is 30.6 Å². The fraction of sp³-hybridized carbons (Fsp3) is 0.500. The molecule has 0 saturated carbocycles. The number of nitrogens with one attached hydrogen (secondary N) is 1. The van der Waals surface area contributed by atoms with E-state index >= 15 is 4.39 Å². The Morgan fingerprint density at radius 3 is 2.37 bits per heavy atom. The number of hydrogen-bond donors (Lipinski definition) is 1. The maximum atomic E-state index is 15.2. The van der Waals surface area contributed by atoms with E-state index in [9.17, 15) is 4.39 Å². The summed E-state index contributed by atoms with van der Waals surface area (Å²) in [5, 5.41) is 3.70. The van der Waals surface area contributed by atoms with Gasteiger partial charge in [0, 0.05) is 76.2 Å². The minimum atomic E-state index is -0.636. The highest BCUT2D eigenvalue weighted by Crippen LogP contribution is 2.37. The molecule has 6 rings (SSSR count). The molecule has 3 aromatic rings. The van der Waals surface area contributed by atoms with Gasteiger partial charge in [-0.05, 0) is 25.8 Å². The number of anilines is 4. The largest absolute Gasteiger partial charge is 0.381 e. The zero-order valence-electron chi connectivity index (χ0n) is 21.8. The molecule has 38 heavy (non-hydrogen) atoms. The molecule has 0 aliphatic carbocycles. The SMILES string of the molecule is Cc1c(N2CCN(C3CCOCC3)CC2)nc2cc(F)cc(F)c2c1Nc1cncc(N2CCOCC2)c1. The topological polar surface area (TPSA) is 66.0 Å². The molecule has 3 aliphatic heterocycles. The molecule has 8 nitrogen and oxygen atoms in total. The molecule has 1 aromatic carbocycles. The Hall–Kier alpha value is -3.08. The quantitative estimate of drug-likeness (QED) is 0.536. The van der Waals surface area contributed by atoms with Crippen LogP contribution in [0.2, 0.25) is 0 Å². The van der Waals surface area contributed by atoms with E-state index in [1.165, 1.54) is 6.07 Å². The van der Waals surface area contributed by atoms with Crippen LogP contribution >= 0.6 is 0 Å². The lowest BCUT2D eigenvalue weighted by Crippen LogP contribution is -2.52. The summed E-state index contributed by atoms with van der Waals surface area (Å²) >= 11 is 0. The van der Waals surface area contributed by atoms with Gasteiger partial charge >= 0.3 is 0 Å². The summed E-state index contributed by atoms with van der Waals surface area (Å²) in [5.74, 6) is -0.510. The number of benzene rings is 1. The van der Waals surface area contributed by atoms with Gasteiger partial charge < -0.3 is 24.6 Å². The smallest absolute Gasteiger partial charge is 0.137 e. The molecule has 10 heteroatoms. The Kier molecular flexibility index (Phi) is 7.27. The van der Waals surface area contributed by atoms with Crippen molar-refractivity contribution in [3.63, 3.8) is 0 Å². The molecule has 0 atom stereocenters. The number of nitrogens with zero attached hydrogens (tertiary/aromatic N) is 5. The summed E-state index contributed by atoms with van der Waals surface area (Å²) in [6, 6.07) is 4.80. The van der Waals surface area contributed by atoms with Crippen molar-refractivity contribution in [2.45, 2.75) is 25.8 Å². The van der Waals surface area contributed by atoms with Crippen LogP contribution in [-0.2, 0) is 9.47 Å². The summed E-state index contributed by atoms with van der Waals surface area (Å²) in [4.78, 5) is 16.2. The molecule has 1 N–H and O–H groups in total.